The number of nitrogens with one attached hydrogen (secondary N) is 1. The highest BCUT2D eigenvalue weighted by molar-refractivity contribution is 5.69. The lowest BCUT2D eigenvalue weighted by Crippen LogP contribution is -2.50. The molecule has 0 saturated carbocycles. The Bertz CT molecular complexity index is 404. The van der Waals surface area contributed by atoms with E-state index >= 15 is 0 Å². The second-order valence-corrected chi connectivity index (χ2v) is 4.93. The molecule has 4 nitrogen and oxygen atoms in total. The maximum absolute atomic E-state index is 11.8. The van der Waals surface area contributed by atoms with Crippen LogP contribution >= 0.6 is 0 Å². The third-order valence-electron chi connectivity index (χ3n) is 3.58. The van der Waals surface area contributed by atoms with E-state index in [1.165, 1.54) is 5.56 Å². The minimum absolute atomic E-state index is 0.0792. The number of carbonyl (C=O) groups is 1. The predicted octanol–water partition coefficient (Wildman–Crippen LogP) is 2.74. The van der Waals surface area contributed by atoms with Gasteiger partial charge in [-0.05, 0) is 24.8 Å². The van der Waals surface area contributed by atoms with Crippen molar-refractivity contribution in [2.75, 3.05) is 6.61 Å². The topological polar surface area (TPSA) is 41.6 Å². The molecule has 1 aliphatic heterocycles. The Kier molecular flexibility index (Phi) is 4.80. The number of hydrogen-bond acceptors (Lipinski definition) is 3. The number of carbonyl (C=O) groups excluding carboxylic acids is 1. The first-order valence-electron chi connectivity index (χ1n) is 7.00. The van der Waals surface area contributed by atoms with Gasteiger partial charge in [0.25, 0.3) is 0 Å². The molecule has 104 valence electrons. The average molecular weight is 262 g/mol. The van der Waals surface area contributed by atoms with Crippen molar-refractivity contribution in [1.29, 1.82) is 0 Å². The fourth-order valence-electron chi connectivity index (χ4n) is 2.32. The molecule has 0 radical (unpaired) electrons. The third-order valence-corrected chi connectivity index (χ3v) is 3.58. The fourth-order valence-corrected chi connectivity index (χ4v) is 2.32. The number of rotatable bonds is 6. The van der Waals surface area contributed by atoms with E-state index in [2.05, 4.69) is 31.4 Å². The summed E-state index contributed by atoms with van der Waals surface area (Å²) in [5, 5.41) is 1.67. The van der Waals surface area contributed by atoms with Crippen LogP contribution in [0, 0.1) is 0 Å². The average Bonchev–Trinajstić information content (AvgIpc) is 2.78. The van der Waals surface area contributed by atoms with Crippen LogP contribution in [-0.4, -0.2) is 29.8 Å². The van der Waals surface area contributed by atoms with E-state index in [0.29, 0.717) is 12.6 Å². The zero-order valence-electron chi connectivity index (χ0n) is 11.6. The zero-order chi connectivity index (χ0) is 13.7. The maximum Gasteiger partial charge on any atom is 0.424 e. The summed E-state index contributed by atoms with van der Waals surface area (Å²) in [6, 6.07) is 10.6. The molecule has 0 bridgehead atoms. The van der Waals surface area contributed by atoms with Crippen molar-refractivity contribution in [2.45, 2.75) is 45.2 Å². The Morgan fingerprint density at radius 1 is 1.32 bits per heavy atom. The minimum atomic E-state index is -0.257. The molecule has 4 heteroatoms. The summed E-state index contributed by atoms with van der Waals surface area (Å²) < 4.78 is 5.16. The molecule has 0 aromatic heterocycles. The van der Waals surface area contributed by atoms with E-state index in [4.69, 9.17) is 4.74 Å². The highest BCUT2D eigenvalue weighted by Crippen LogP contribution is 2.16. The van der Waals surface area contributed by atoms with Gasteiger partial charge in [0.15, 0.2) is 0 Å². The van der Waals surface area contributed by atoms with Crippen LogP contribution in [-0.2, 0) is 11.2 Å². The first-order chi connectivity index (χ1) is 9.24. The van der Waals surface area contributed by atoms with Crippen molar-refractivity contribution in [3.05, 3.63) is 35.9 Å². The van der Waals surface area contributed by atoms with Gasteiger partial charge in [-0.1, -0.05) is 44.2 Å². The Morgan fingerprint density at radius 2 is 2.00 bits per heavy atom. The van der Waals surface area contributed by atoms with E-state index in [0.717, 1.165) is 19.3 Å². The number of amides is 1. The summed E-state index contributed by atoms with van der Waals surface area (Å²) in [7, 11) is 0. The number of ether oxygens (including phenoxy) is 1. The first-order valence-corrected chi connectivity index (χ1v) is 7.00. The molecule has 1 amide bonds. The van der Waals surface area contributed by atoms with Gasteiger partial charge in [0, 0.05) is 6.04 Å². The van der Waals surface area contributed by atoms with Gasteiger partial charge >= 0.3 is 6.09 Å². The Hall–Kier alpha value is -1.55. The van der Waals surface area contributed by atoms with E-state index in [9.17, 15) is 4.79 Å². The zero-order valence-corrected chi connectivity index (χ0v) is 11.6. The van der Waals surface area contributed by atoms with E-state index in [1.54, 1.807) is 5.01 Å². The molecule has 1 aromatic rings. The van der Waals surface area contributed by atoms with Crippen molar-refractivity contribution in [3.63, 3.8) is 0 Å². The molecule has 1 aromatic carbocycles. The minimum Gasteiger partial charge on any atom is -0.446 e. The van der Waals surface area contributed by atoms with E-state index < -0.39 is 0 Å². The molecule has 0 unspecified atom stereocenters. The van der Waals surface area contributed by atoms with Crippen LogP contribution in [0.25, 0.3) is 0 Å². The van der Waals surface area contributed by atoms with Crippen LogP contribution in [0.2, 0.25) is 0 Å². The molecule has 0 aliphatic carbocycles. The number of hydrazine groups is 1. The Labute approximate surface area is 114 Å². The molecule has 1 aliphatic rings. The standard InChI is InChI=1S/C15H22N2O2/c1-3-13(4-2)16-17-14(11-19-15(17)18)10-12-8-6-5-7-9-12/h5-9,13-14,16H,3-4,10-11H2,1-2H3/t14-/m0/s1. The molecular weight excluding hydrogens is 240 g/mol. The molecule has 0 spiro atoms. The monoisotopic (exact) mass is 262 g/mol. The summed E-state index contributed by atoms with van der Waals surface area (Å²) in [6.07, 6.45) is 2.56. The van der Waals surface area contributed by atoms with Gasteiger partial charge in [-0.25, -0.2) is 15.2 Å². The fraction of sp³-hybridized carbons (Fsp3) is 0.533. The molecule has 19 heavy (non-hydrogen) atoms. The summed E-state index contributed by atoms with van der Waals surface area (Å²) in [6.45, 7) is 4.70. The molecule has 1 N–H and O–H groups in total. The number of cyclic esters (lactones) is 1. The number of hydrogen-bond donors (Lipinski definition) is 1. The number of benzene rings is 1. The lowest BCUT2D eigenvalue weighted by Gasteiger charge is -2.26. The van der Waals surface area contributed by atoms with Gasteiger partial charge in [-0.15, -0.1) is 0 Å². The summed E-state index contributed by atoms with van der Waals surface area (Å²) in [5.74, 6) is 0. The molecule has 1 heterocycles. The third kappa shape index (κ3) is 3.47. The smallest absolute Gasteiger partial charge is 0.424 e. The van der Waals surface area contributed by atoms with Crippen molar-refractivity contribution < 1.29 is 9.53 Å². The van der Waals surface area contributed by atoms with Crippen LogP contribution in [0.5, 0.6) is 0 Å². The SMILES string of the molecule is CCC(CC)NN1C(=O)OC[C@@H]1Cc1ccccc1. The maximum atomic E-state index is 11.8. The van der Waals surface area contributed by atoms with Gasteiger partial charge in [0.1, 0.15) is 6.61 Å². The van der Waals surface area contributed by atoms with Crippen molar-refractivity contribution in [2.24, 2.45) is 0 Å². The second kappa shape index (κ2) is 6.57. The first kappa shape index (κ1) is 13.9. The highest BCUT2D eigenvalue weighted by Gasteiger charge is 2.34. The van der Waals surface area contributed by atoms with Crippen LogP contribution in [0.15, 0.2) is 30.3 Å². The molecular formula is C15H22N2O2. The van der Waals surface area contributed by atoms with E-state index in [1.807, 2.05) is 18.2 Å². The Balaban J connectivity index is 2.01. The molecule has 1 atom stereocenters. The number of nitrogens with zero attached hydrogens (tertiary/aromatic N) is 1. The van der Waals surface area contributed by atoms with Crippen LogP contribution in [0.4, 0.5) is 4.79 Å². The lowest BCUT2D eigenvalue weighted by atomic mass is 10.1. The predicted molar refractivity (Wildman–Crippen MR) is 74.6 cm³/mol. The Morgan fingerprint density at radius 3 is 2.63 bits per heavy atom. The van der Waals surface area contributed by atoms with Crippen molar-refractivity contribution in [1.82, 2.24) is 10.4 Å². The van der Waals surface area contributed by atoms with Gasteiger partial charge in [-0.2, -0.15) is 0 Å². The molecule has 2 rings (SSSR count). The summed E-state index contributed by atoms with van der Waals surface area (Å²) in [5.41, 5.74) is 4.52. The highest BCUT2D eigenvalue weighted by atomic mass is 16.6. The largest absolute Gasteiger partial charge is 0.446 e. The van der Waals surface area contributed by atoms with Gasteiger partial charge in [0.2, 0.25) is 0 Å². The van der Waals surface area contributed by atoms with Crippen LogP contribution < -0.4 is 5.43 Å². The van der Waals surface area contributed by atoms with Gasteiger partial charge < -0.3 is 4.74 Å². The normalized spacial score (nSPS) is 19.0. The van der Waals surface area contributed by atoms with Gasteiger partial charge in [0.05, 0.1) is 6.04 Å². The quantitative estimate of drug-likeness (QED) is 0.857. The van der Waals surface area contributed by atoms with Crippen molar-refractivity contribution >= 4 is 6.09 Å². The van der Waals surface area contributed by atoms with Crippen LogP contribution in [0.1, 0.15) is 32.3 Å². The molecule has 1 fully saturated rings. The van der Waals surface area contributed by atoms with Crippen LogP contribution in [0.3, 0.4) is 0 Å². The summed E-state index contributed by atoms with van der Waals surface area (Å²) >= 11 is 0. The van der Waals surface area contributed by atoms with Gasteiger partial charge in [-0.3, -0.25) is 0 Å². The molecule has 1 saturated heterocycles. The second-order valence-electron chi connectivity index (χ2n) is 4.93. The van der Waals surface area contributed by atoms with E-state index in [-0.39, 0.29) is 12.1 Å². The summed E-state index contributed by atoms with van der Waals surface area (Å²) in [4.78, 5) is 11.8. The lowest BCUT2D eigenvalue weighted by molar-refractivity contribution is 0.129. The van der Waals surface area contributed by atoms with Crippen molar-refractivity contribution in [3.8, 4) is 0 Å².